The molecule has 0 radical (unpaired) electrons. The number of nitrogens with zero attached hydrogens (tertiary/aromatic N) is 4. The van der Waals surface area contributed by atoms with Gasteiger partial charge < -0.3 is 24.8 Å². The van der Waals surface area contributed by atoms with E-state index in [1.54, 1.807) is 35.0 Å². The molecule has 0 bridgehead atoms. The van der Waals surface area contributed by atoms with E-state index < -0.39 is 5.40 Å². The van der Waals surface area contributed by atoms with Crippen molar-refractivity contribution in [3.8, 4) is 5.75 Å². The van der Waals surface area contributed by atoms with Crippen LogP contribution in [-0.2, 0) is 11.8 Å². The number of carbonyl (C=O) groups excluding carboxylic acids is 1. The smallest absolute Gasteiger partial charge is 0.293 e. The van der Waals surface area contributed by atoms with E-state index in [2.05, 4.69) is 34.4 Å². The number of ether oxygens (including phenoxy) is 1. The van der Waals surface area contributed by atoms with Crippen molar-refractivity contribution in [3.05, 3.63) is 45.8 Å². The third kappa shape index (κ3) is 5.31. The zero-order chi connectivity index (χ0) is 26.2. The lowest BCUT2D eigenvalue weighted by Gasteiger charge is -2.35. The highest BCUT2D eigenvalue weighted by Crippen LogP contribution is 2.30. The molecule has 1 aromatic carbocycles. The number of aromatic nitrogens is 3. The number of likely N-dealkylation sites (N-methyl/N-ethyl adjacent to an activating group) is 1. The summed E-state index contributed by atoms with van der Waals surface area (Å²) in [5.41, 5.74) is 1.14. The van der Waals surface area contributed by atoms with Crippen LogP contribution in [0.5, 0.6) is 5.75 Å². The van der Waals surface area contributed by atoms with Gasteiger partial charge in [-0.1, -0.05) is 25.4 Å². The molecule has 3 heterocycles. The quantitative estimate of drug-likeness (QED) is 0.484. The number of carbonyl (C=O) groups is 1. The molecule has 9 nitrogen and oxygen atoms in total. The summed E-state index contributed by atoms with van der Waals surface area (Å²) in [5, 5.41) is 5.81. The Kier molecular flexibility index (Phi) is 7.22. The summed E-state index contributed by atoms with van der Waals surface area (Å²) in [6.07, 6.45) is 2.81. The molecular weight excluding hydrogens is 477 g/mol. The van der Waals surface area contributed by atoms with Crippen LogP contribution in [0.15, 0.2) is 35.3 Å². The van der Waals surface area contributed by atoms with E-state index in [4.69, 9.17) is 21.3 Å². The van der Waals surface area contributed by atoms with E-state index in [-0.39, 0.29) is 17.2 Å². The number of fused-ring (bicyclic) bond motifs is 1. The summed E-state index contributed by atoms with van der Waals surface area (Å²) >= 11 is 6.44. The molecule has 12 heteroatoms. The summed E-state index contributed by atoms with van der Waals surface area (Å²) in [6, 6.07) is 7.24. The number of pyridine rings is 1. The van der Waals surface area contributed by atoms with Crippen molar-refractivity contribution in [2.45, 2.75) is 25.7 Å². The molecule has 1 saturated heterocycles. The Balaban J connectivity index is 1.66. The maximum atomic E-state index is 12.9. The first-order valence-electron chi connectivity index (χ1n) is 12.1. The number of benzene rings is 1. The second kappa shape index (κ2) is 10.0. The second-order valence-corrected chi connectivity index (χ2v) is 10.6. The van der Waals surface area contributed by atoms with Gasteiger partial charge in [0, 0.05) is 38.3 Å². The van der Waals surface area contributed by atoms with Crippen molar-refractivity contribution in [1.82, 2.24) is 19.9 Å². The Bertz CT molecular complexity index is 1360. The lowest BCUT2D eigenvalue weighted by molar-refractivity contribution is -0.126. The third-order valence-electron chi connectivity index (χ3n) is 6.48. The molecule has 0 spiro atoms. The molecule has 188 valence electrons. The maximum Gasteiger partial charge on any atom is 0.293 e. The fraction of sp³-hybridized carbons (Fsp3) is 0.417. The Hall–Kier alpha value is -3.20. The molecule has 1 aliphatic heterocycles. The van der Waals surface area contributed by atoms with E-state index in [0.29, 0.717) is 28.6 Å². The molecule has 3 aromatic rings. The number of halogens is 1. The predicted octanol–water partition coefficient (Wildman–Crippen LogP) is 1.25. The van der Waals surface area contributed by atoms with Crippen LogP contribution < -0.4 is 25.8 Å². The van der Waals surface area contributed by atoms with Gasteiger partial charge in [0.2, 0.25) is 11.9 Å². The van der Waals surface area contributed by atoms with Crippen molar-refractivity contribution in [2.75, 3.05) is 30.4 Å². The summed E-state index contributed by atoms with van der Waals surface area (Å²) in [4.78, 5) is 36.4. The zero-order valence-electron chi connectivity index (χ0n) is 21.6. The number of anilines is 3. The second-order valence-electron chi connectivity index (χ2n) is 10.2. The minimum absolute atomic E-state index is 0.0893. The van der Waals surface area contributed by atoms with Crippen LogP contribution in [-0.4, -0.2) is 61.7 Å². The molecule has 1 fully saturated rings. The lowest BCUT2D eigenvalue weighted by atomic mass is 9.64. The van der Waals surface area contributed by atoms with Gasteiger partial charge in [-0.3, -0.25) is 9.59 Å². The number of amides is 1. The van der Waals surface area contributed by atoms with Crippen LogP contribution in [0.1, 0.15) is 20.3 Å². The van der Waals surface area contributed by atoms with Crippen molar-refractivity contribution in [2.24, 2.45) is 18.9 Å². The van der Waals surface area contributed by atoms with E-state index in [9.17, 15) is 9.59 Å². The molecule has 0 saturated carbocycles. The number of hydrogen-bond donors (Lipinski definition) is 2. The lowest BCUT2D eigenvalue weighted by Crippen LogP contribution is -2.52. The largest absolute Gasteiger partial charge is 0.491 e. The first-order valence-corrected chi connectivity index (χ1v) is 12.5. The van der Waals surface area contributed by atoms with Crippen LogP contribution in [0.3, 0.4) is 0 Å². The fourth-order valence-corrected chi connectivity index (χ4v) is 4.93. The molecule has 2 N–H and O–H groups in total. The van der Waals surface area contributed by atoms with Gasteiger partial charge >= 0.3 is 0 Å². The normalized spacial score (nSPS) is 18.2. The predicted molar refractivity (Wildman–Crippen MR) is 149 cm³/mol. The average Bonchev–Trinajstić information content (AvgIpc) is 2.82. The molecule has 4 rings (SSSR count). The van der Waals surface area contributed by atoms with Gasteiger partial charge in [0.05, 0.1) is 11.7 Å². The Morgan fingerprint density at radius 2 is 1.92 bits per heavy atom. The topological polar surface area (TPSA) is 101 Å². The average molecular weight is 509 g/mol. The van der Waals surface area contributed by atoms with Crippen LogP contribution in [0, 0.1) is 11.8 Å². The number of rotatable bonds is 6. The van der Waals surface area contributed by atoms with Gasteiger partial charge in [0.15, 0.2) is 27.3 Å². The van der Waals surface area contributed by atoms with Crippen molar-refractivity contribution in [1.29, 1.82) is 0 Å². The molecular formula is C24H31B2ClN6O3. The molecule has 1 aliphatic rings. The number of piperidine rings is 1. The standard InChI is InChI=1S/C24H31B2ClN6O3/c1-13-7-14(2)12-33(11-13)23-29-10-17(27)20(31-23)30-16-5-6-18-15(8-16)9-19(21(34)32(18)4)36-24(25,26)22(35)28-3/h5-6,8-10,13-14H,7,11-12,25-26H2,1-4H3,(H,28,35)(H,29,30,31)/t13-,14+. The van der Waals surface area contributed by atoms with Gasteiger partial charge in [-0.2, -0.15) is 4.98 Å². The summed E-state index contributed by atoms with van der Waals surface area (Å²) in [5.74, 6) is 2.06. The number of aryl methyl sites for hydroxylation is 1. The number of nitrogens with one attached hydrogen (secondary N) is 2. The molecule has 1 amide bonds. The monoisotopic (exact) mass is 508 g/mol. The number of hydrogen-bond acceptors (Lipinski definition) is 7. The molecule has 0 aliphatic carbocycles. The van der Waals surface area contributed by atoms with Gasteiger partial charge in [-0.15, -0.1) is 0 Å². The maximum absolute atomic E-state index is 12.9. The van der Waals surface area contributed by atoms with Crippen LogP contribution >= 0.6 is 11.6 Å². The Labute approximate surface area is 217 Å². The molecule has 2 aromatic heterocycles. The highest BCUT2D eigenvalue weighted by atomic mass is 35.5. The van der Waals surface area contributed by atoms with Gasteiger partial charge in [-0.05, 0) is 42.5 Å². The third-order valence-corrected chi connectivity index (χ3v) is 6.75. The first kappa shape index (κ1) is 25.9. The highest BCUT2D eigenvalue weighted by Gasteiger charge is 2.30. The summed E-state index contributed by atoms with van der Waals surface area (Å²) in [7, 11) is 6.43. The minimum atomic E-state index is -1.21. The molecule has 0 unspecified atom stereocenters. The SMILES string of the molecule is BC(B)(Oc1cc2cc(Nc3nc(N4C[C@H](C)C[C@H](C)C4)ncc3Cl)ccc2n(C)c1=O)C(=O)NC. The van der Waals surface area contributed by atoms with E-state index >= 15 is 0 Å². The van der Waals surface area contributed by atoms with Crippen molar-refractivity contribution in [3.63, 3.8) is 0 Å². The van der Waals surface area contributed by atoms with Crippen LogP contribution in [0.4, 0.5) is 17.5 Å². The van der Waals surface area contributed by atoms with E-state index in [1.165, 1.54) is 18.0 Å². The summed E-state index contributed by atoms with van der Waals surface area (Å²) in [6.45, 7) is 6.30. The van der Waals surface area contributed by atoms with Crippen LogP contribution in [0.25, 0.3) is 10.9 Å². The Morgan fingerprint density at radius 3 is 2.58 bits per heavy atom. The molecule has 36 heavy (non-hydrogen) atoms. The van der Waals surface area contributed by atoms with Crippen molar-refractivity contribution >= 4 is 61.6 Å². The van der Waals surface area contributed by atoms with E-state index in [0.717, 1.165) is 29.7 Å². The van der Waals surface area contributed by atoms with Gasteiger partial charge in [0.25, 0.3) is 5.56 Å². The van der Waals surface area contributed by atoms with Crippen LogP contribution in [0.2, 0.25) is 5.02 Å². The minimum Gasteiger partial charge on any atom is -0.491 e. The summed E-state index contributed by atoms with van der Waals surface area (Å²) < 4.78 is 7.34. The fourth-order valence-electron chi connectivity index (χ4n) is 4.79. The zero-order valence-corrected chi connectivity index (χ0v) is 22.3. The highest BCUT2D eigenvalue weighted by molar-refractivity contribution is 6.50. The van der Waals surface area contributed by atoms with Gasteiger partial charge in [0.1, 0.15) is 10.4 Å². The van der Waals surface area contributed by atoms with Gasteiger partial charge in [-0.25, -0.2) is 4.98 Å². The van der Waals surface area contributed by atoms with Crippen molar-refractivity contribution < 1.29 is 9.53 Å². The van der Waals surface area contributed by atoms with E-state index in [1.807, 2.05) is 18.2 Å². The first-order chi connectivity index (χ1) is 17.0. The Morgan fingerprint density at radius 1 is 1.22 bits per heavy atom. The molecule has 2 atom stereocenters.